The Kier molecular flexibility index (Phi) is 2.60. The number of rotatable bonds is 1. The highest BCUT2D eigenvalue weighted by molar-refractivity contribution is 8.03. The lowest BCUT2D eigenvalue weighted by Gasteiger charge is -2.25. The van der Waals surface area contributed by atoms with Gasteiger partial charge in [-0.3, -0.25) is 0 Å². The lowest BCUT2D eigenvalue weighted by molar-refractivity contribution is 0.590. The van der Waals surface area contributed by atoms with Gasteiger partial charge in [0.1, 0.15) is 0 Å². The maximum absolute atomic E-state index is 3.94. The number of hydrogen-bond donors (Lipinski definition) is 1. The van der Waals surface area contributed by atoms with Crippen LogP contribution in [0.1, 0.15) is 18.0 Å². The van der Waals surface area contributed by atoms with E-state index in [0.717, 1.165) is 5.03 Å². The van der Waals surface area contributed by atoms with Gasteiger partial charge in [0.05, 0.1) is 11.1 Å². The maximum Gasteiger partial charge on any atom is 0.0612 e. The zero-order valence-corrected chi connectivity index (χ0v) is 8.31. The molecule has 13 heavy (non-hydrogen) atoms. The summed E-state index contributed by atoms with van der Waals surface area (Å²) in [6, 6.07) is 11.0. The molecule has 1 unspecified atom stereocenters. The van der Waals surface area contributed by atoms with Crippen molar-refractivity contribution in [3.05, 3.63) is 47.5 Å². The summed E-state index contributed by atoms with van der Waals surface area (Å²) in [5.74, 6) is 1.17. The molecule has 1 heterocycles. The molecule has 0 amide bonds. The van der Waals surface area contributed by atoms with Crippen LogP contribution in [0.3, 0.4) is 0 Å². The molecule has 1 aromatic carbocycles. The van der Waals surface area contributed by atoms with Crippen molar-refractivity contribution in [3.8, 4) is 0 Å². The first kappa shape index (κ1) is 8.70. The van der Waals surface area contributed by atoms with E-state index in [9.17, 15) is 0 Å². The highest BCUT2D eigenvalue weighted by atomic mass is 32.2. The van der Waals surface area contributed by atoms with Crippen molar-refractivity contribution in [1.29, 1.82) is 0 Å². The third-order valence-electron chi connectivity index (χ3n) is 2.22. The van der Waals surface area contributed by atoms with E-state index in [-0.39, 0.29) is 0 Å². The fourth-order valence-corrected chi connectivity index (χ4v) is 2.37. The third kappa shape index (κ3) is 2.07. The van der Waals surface area contributed by atoms with Gasteiger partial charge in [0.2, 0.25) is 0 Å². The average molecular weight is 191 g/mol. The smallest absolute Gasteiger partial charge is 0.0612 e. The second-order valence-electron chi connectivity index (χ2n) is 3.17. The molecular weight excluding hydrogens is 178 g/mol. The Morgan fingerprint density at radius 2 is 2.08 bits per heavy atom. The number of nitrogens with one attached hydrogen (secondary N) is 1. The molecule has 1 aromatic rings. The second-order valence-corrected chi connectivity index (χ2v) is 4.36. The number of benzene rings is 1. The van der Waals surface area contributed by atoms with Crippen LogP contribution in [-0.2, 0) is 0 Å². The molecule has 1 saturated heterocycles. The van der Waals surface area contributed by atoms with Gasteiger partial charge in [0.15, 0.2) is 0 Å². The highest BCUT2D eigenvalue weighted by Crippen LogP contribution is 2.28. The molecule has 0 radical (unpaired) electrons. The standard InChI is InChI=1S/C11H13NS/c1-9-12-11(7-8-13-9)10-5-3-2-4-6-10/h2-6,11-12H,1,7-8H2. The molecule has 0 aromatic heterocycles. The van der Waals surface area contributed by atoms with Gasteiger partial charge in [-0.25, -0.2) is 0 Å². The quantitative estimate of drug-likeness (QED) is 0.732. The Bertz CT molecular complexity index is 294. The van der Waals surface area contributed by atoms with Crippen LogP contribution in [0, 0.1) is 0 Å². The van der Waals surface area contributed by atoms with E-state index >= 15 is 0 Å². The zero-order valence-electron chi connectivity index (χ0n) is 7.49. The normalized spacial score (nSPS) is 22.5. The summed E-state index contributed by atoms with van der Waals surface area (Å²) >= 11 is 1.81. The summed E-state index contributed by atoms with van der Waals surface area (Å²) in [5.41, 5.74) is 1.36. The number of hydrogen-bond acceptors (Lipinski definition) is 2. The monoisotopic (exact) mass is 191 g/mol. The van der Waals surface area contributed by atoms with Gasteiger partial charge in [-0.15, -0.1) is 11.8 Å². The first-order chi connectivity index (χ1) is 6.36. The van der Waals surface area contributed by atoms with Gasteiger partial charge in [0, 0.05) is 5.75 Å². The minimum atomic E-state index is 0.468. The summed E-state index contributed by atoms with van der Waals surface area (Å²) in [5, 5.41) is 4.50. The van der Waals surface area contributed by atoms with Crippen molar-refractivity contribution >= 4 is 11.8 Å². The van der Waals surface area contributed by atoms with E-state index in [1.54, 1.807) is 0 Å². The van der Waals surface area contributed by atoms with Gasteiger partial charge in [-0.1, -0.05) is 36.9 Å². The predicted molar refractivity (Wildman–Crippen MR) is 58.5 cm³/mol. The van der Waals surface area contributed by atoms with E-state index in [4.69, 9.17) is 0 Å². The van der Waals surface area contributed by atoms with Gasteiger partial charge in [-0.05, 0) is 12.0 Å². The van der Waals surface area contributed by atoms with Crippen LogP contribution in [0.15, 0.2) is 41.9 Å². The number of thioether (sulfide) groups is 1. The Labute approximate surface area is 83.2 Å². The van der Waals surface area contributed by atoms with Gasteiger partial charge in [-0.2, -0.15) is 0 Å². The van der Waals surface area contributed by atoms with Crippen LogP contribution in [0.4, 0.5) is 0 Å². The lowest BCUT2D eigenvalue weighted by atomic mass is 10.1. The van der Waals surface area contributed by atoms with Gasteiger partial charge >= 0.3 is 0 Å². The van der Waals surface area contributed by atoms with E-state index < -0.39 is 0 Å². The van der Waals surface area contributed by atoms with Crippen LogP contribution in [0.5, 0.6) is 0 Å². The van der Waals surface area contributed by atoms with Crippen LogP contribution in [0.25, 0.3) is 0 Å². The minimum absolute atomic E-state index is 0.468. The summed E-state index contributed by atoms with van der Waals surface area (Å²) in [6.07, 6.45) is 1.19. The van der Waals surface area contributed by atoms with Crippen molar-refractivity contribution in [1.82, 2.24) is 5.32 Å². The molecule has 2 heteroatoms. The first-order valence-corrected chi connectivity index (χ1v) is 5.48. The molecule has 0 spiro atoms. The van der Waals surface area contributed by atoms with Crippen molar-refractivity contribution < 1.29 is 0 Å². The Hall–Kier alpha value is -0.890. The lowest BCUT2D eigenvalue weighted by Crippen LogP contribution is -2.23. The SMILES string of the molecule is C=C1NC(c2ccccc2)CCS1. The predicted octanol–water partition coefficient (Wildman–Crippen LogP) is 2.93. The van der Waals surface area contributed by atoms with E-state index in [0.29, 0.717) is 6.04 Å². The van der Waals surface area contributed by atoms with Crippen LogP contribution >= 0.6 is 11.8 Å². The fourth-order valence-electron chi connectivity index (χ4n) is 1.54. The van der Waals surface area contributed by atoms with Crippen LogP contribution < -0.4 is 5.32 Å². The molecule has 1 atom stereocenters. The molecular formula is C11H13NS. The molecule has 0 saturated carbocycles. The Balaban J connectivity index is 2.13. The highest BCUT2D eigenvalue weighted by Gasteiger charge is 2.15. The summed E-state index contributed by atoms with van der Waals surface area (Å²) < 4.78 is 0. The molecule has 1 aliphatic heterocycles. The zero-order chi connectivity index (χ0) is 9.10. The summed E-state index contributed by atoms with van der Waals surface area (Å²) in [7, 11) is 0. The molecule has 1 aliphatic rings. The fraction of sp³-hybridized carbons (Fsp3) is 0.273. The molecule has 1 nitrogen and oxygen atoms in total. The van der Waals surface area contributed by atoms with E-state index in [1.807, 2.05) is 11.8 Å². The van der Waals surface area contributed by atoms with Crippen molar-refractivity contribution in [2.75, 3.05) is 5.75 Å². The van der Waals surface area contributed by atoms with Gasteiger partial charge in [0.25, 0.3) is 0 Å². The van der Waals surface area contributed by atoms with E-state index in [1.165, 1.54) is 17.7 Å². The van der Waals surface area contributed by atoms with Crippen LogP contribution in [-0.4, -0.2) is 5.75 Å². The van der Waals surface area contributed by atoms with Crippen molar-refractivity contribution in [3.63, 3.8) is 0 Å². The van der Waals surface area contributed by atoms with E-state index in [2.05, 4.69) is 42.2 Å². The van der Waals surface area contributed by atoms with Crippen LogP contribution in [0.2, 0.25) is 0 Å². The molecule has 68 valence electrons. The summed E-state index contributed by atoms with van der Waals surface area (Å²) in [4.78, 5) is 0. The maximum atomic E-state index is 3.94. The van der Waals surface area contributed by atoms with Crippen molar-refractivity contribution in [2.45, 2.75) is 12.5 Å². The van der Waals surface area contributed by atoms with Gasteiger partial charge < -0.3 is 5.32 Å². The second kappa shape index (κ2) is 3.88. The third-order valence-corrected chi connectivity index (χ3v) is 3.13. The molecule has 0 bridgehead atoms. The first-order valence-electron chi connectivity index (χ1n) is 4.49. The molecule has 0 aliphatic carbocycles. The Morgan fingerprint density at radius 1 is 1.31 bits per heavy atom. The Morgan fingerprint density at radius 3 is 2.77 bits per heavy atom. The van der Waals surface area contributed by atoms with Crippen molar-refractivity contribution in [2.24, 2.45) is 0 Å². The molecule has 2 rings (SSSR count). The largest absolute Gasteiger partial charge is 0.374 e. The molecule has 1 fully saturated rings. The summed E-state index contributed by atoms with van der Waals surface area (Å²) in [6.45, 7) is 3.94. The minimum Gasteiger partial charge on any atom is -0.374 e. The topological polar surface area (TPSA) is 12.0 Å². The molecule has 1 N–H and O–H groups in total. The average Bonchev–Trinajstić information content (AvgIpc) is 2.19.